The number of benzene rings is 1. The van der Waals surface area contributed by atoms with Gasteiger partial charge in [-0.05, 0) is 44.0 Å². The minimum absolute atomic E-state index is 0.0400. The normalized spacial score (nSPS) is 10.3. The number of ketones is 1. The maximum absolute atomic E-state index is 11.7. The van der Waals surface area contributed by atoms with Gasteiger partial charge in [-0.15, -0.1) is 0 Å². The van der Waals surface area contributed by atoms with Crippen molar-refractivity contribution in [2.24, 2.45) is 0 Å². The SMILES string of the molecule is CCCCCCCOC(=O)CCCC(=O)Oc1ccc(C(C)=O)cc1. The minimum atomic E-state index is -0.400. The molecule has 0 saturated carbocycles. The van der Waals surface area contributed by atoms with Gasteiger partial charge < -0.3 is 9.47 Å². The van der Waals surface area contributed by atoms with Crippen molar-refractivity contribution >= 4 is 17.7 Å². The van der Waals surface area contributed by atoms with Crippen molar-refractivity contribution in [3.05, 3.63) is 29.8 Å². The molecule has 0 atom stereocenters. The standard InChI is InChI=1S/C20H28O5/c1-3-4-5-6-7-15-24-19(22)9-8-10-20(23)25-18-13-11-17(12-14-18)16(2)21/h11-14H,3-10,15H2,1-2H3. The average Bonchev–Trinajstić information content (AvgIpc) is 2.58. The average molecular weight is 348 g/mol. The zero-order valence-electron chi connectivity index (χ0n) is 15.2. The lowest BCUT2D eigenvalue weighted by atomic mass is 10.1. The molecular weight excluding hydrogens is 320 g/mol. The van der Waals surface area contributed by atoms with Crippen LogP contribution in [-0.2, 0) is 14.3 Å². The van der Waals surface area contributed by atoms with E-state index in [-0.39, 0.29) is 24.6 Å². The van der Waals surface area contributed by atoms with Gasteiger partial charge in [-0.25, -0.2) is 0 Å². The Morgan fingerprint density at radius 2 is 1.48 bits per heavy atom. The summed E-state index contributed by atoms with van der Waals surface area (Å²) in [7, 11) is 0. The molecule has 0 heterocycles. The van der Waals surface area contributed by atoms with Crippen molar-refractivity contribution in [3.8, 4) is 5.75 Å². The highest BCUT2D eigenvalue weighted by Crippen LogP contribution is 2.14. The Morgan fingerprint density at radius 1 is 0.840 bits per heavy atom. The van der Waals surface area contributed by atoms with E-state index in [9.17, 15) is 14.4 Å². The second-order valence-electron chi connectivity index (χ2n) is 6.04. The fourth-order valence-electron chi connectivity index (χ4n) is 2.28. The molecule has 0 saturated heterocycles. The van der Waals surface area contributed by atoms with Gasteiger partial charge in [0, 0.05) is 18.4 Å². The highest BCUT2D eigenvalue weighted by molar-refractivity contribution is 5.94. The van der Waals surface area contributed by atoms with Crippen LogP contribution >= 0.6 is 0 Å². The summed E-state index contributed by atoms with van der Waals surface area (Å²) in [6.45, 7) is 4.09. The minimum Gasteiger partial charge on any atom is -0.466 e. The molecule has 1 aromatic carbocycles. The first kappa shape index (κ1) is 20.9. The van der Waals surface area contributed by atoms with Crippen molar-refractivity contribution < 1.29 is 23.9 Å². The summed E-state index contributed by atoms with van der Waals surface area (Å²) < 4.78 is 10.3. The molecule has 25 heavy (non-hydrogen) atoms. The molecule has 5 nitrogen and oxygen atoms in total. The van der Waals surface area contributed by atoms with E-state index in [0.29, 0.717) is 24.3 Å². The van der Waals surface area contributed by atoms with E-state index < -0.39 is 5.97 Å². The third-order valence-electron chi connectivity index (χ3n) is 3.77. The first-order valence-corrected chi connectivity index (χ1v) is 9.00. The van der Waals surface area contributed by atoms with Gasteiger partial charge in [-0.3, -0.25) is 14.4 Å². The highest BCUT2D eigenvalue weighted by atomic mass is 16.5. The van der Waals surface area contributed by atoms with Crippen LogP contribution in [0.25, 0.3) is 0 Å². The van der Waals surface area contributed by atoms with E-state index in [1.165, 1.54) is 26.2 Å². The molecule has 0 spiro atoms. The fraction of sp³-hybridized carbons (Fsp3) is 0.550. The van der Waals surface area contributed by atoms with Gasteiger partial charge in [0.05, 0.1) is 6.61 Å². The van der Waals surface area contributed by atoms with E-state index in [1.807, 2.05) is 0 Å². The van der Waals surface area contributed by atoms with Gasteiger partial charge >= 0.3 is 11.9 Å². The Morgan fingerprint density at radius 3 is 2.12 bits per heavy atom. The number of hydrogen-bond donors (Lipinski definition) is 0. The quantitative estimate of drug-likeness (QED) is 0.241. The summed E-state index contributed by atoms with van der Waals surface area (Å²) in [5.74, 6) is -0.316. The Labute approximate surface area is 149 Å². The van der Waals surface area contributed by atoms with Crippen LogP contribution < -0.4 is 4.74 Å². The molecule has 0 aliphatic heterocycles. The molecule has 0 aliphatic rings. The summed E-state index contributed by atoms with van der Waals surface area (Å²) in [6, 6.07) is 6.40. The van der Waals surface area contributed by atoms with E-state index in [2.05, 4.69) is 6.92 Å². The van der Waals surface area contributed by atoms with Gasteiger partial charge in [0.2, 0.25) is 0 Å². The molecular formula is C20H28O5. The predicted octanol–water partition coefficient (Wildman–Crippen LogP) is 4.48. The third kappa shape index (κ3) is 9.65. The maximum Gasteiger partial charge on any atom is 0.311 e. The number of ether oxygens (including phenoxy) is 2. The largest absolute Gasteiger partial charge is 0.466 e. The van der Waals surface area contributed by atoms with E-state index in [4.69, 9.17) is 9.47 Å². The van der Waals surface area contributed by atoms with Crippen molar-refractivity contribution in [3.63, 3.8) is 0 Å². The lowest BCUT2D eigenvalue weighted by Crippen LogP contribution is -2.10. The van der Waals surface area contributed by atoms with Gasteiger partial charge in [0.1, 0.15) is 5.75 Å². The summed E-state index contributed by atoms with van der Waals surface area (Å²) >= 11 is 0. The summed E-state index contributed by atoms with van der Waals surface area (Å²) in [5.41, 5.74) is 0.567. The number of rotatable bonds is 12. The molecule has 0 amide bonds. The molecule has 0 fully saturated rings. The topological polar surface area (TPSA) is 69.7 Å². The molecule has 0 unspecified atom stereocenters. The maximum atomic E-state index is 11.7. The number of esters is 2. The molecule has 0 radical (unpaired) electrons. The Bertz CT molecular complexity index is 548. The van der Waals surface area contributed by atoms with Crippen LogP contribution in [0.2, 0.25) is 0 Å². The third-order valence-corrected chi connectivity index (χ3v) is 3.77. The molecule has 0 aromatic heterocycles. The van der Waals surface area contributed by atoms with Gasteiger partial charge in [0.15, 0.2) is 5.78 Å². The number of unbranched alkanes of at least 4 members (excludes halogenated alkanes) is 4. The van der Waals surface area contributed by atoms with E-state index in [1.54, 1.807) is 24.3 Å². The number of Topliss-reactive ketones (excluding diaryl/α,β-unsaturated/α-hetero) is 1. The Hall–Kier alpha value is -2.17. The van der Waals surface area contributed by atoms with Gasteiger partial charge in [-0.1, -0.05) is 32.6 Å². The molecule has 0 N–H and O–H groups in total. The number of hydrogen-bond acceptors (Lipinski definition) is 5. The smallest absolute Gasteiger partial charge is 0.311 e. The molecule has 1 rings (SSSR count). The van der Waals surface area contributed by atoms with Crippen LogP contribution in [0, 0.1) is 0 Å². The fourth-order valence-corrected chi connectivity index (χ4v) is 2.28. The number of carbonyl (C=O) groups excluding carboxylic acids is 3. The predicted molar refractivity (Wildman–Crippen MR) is 95.7 cm³/mol. The second kappa shape index (κ2) is 12.2. The van der Waals surface area contributed by atoms with Crippen molar-refractivity contribution in [2.45, 2.75) is 65.2 Å². The Balaban J connectivity index is 2.13. The van der Waals surface area contributed by atoms with Gasteiger partial charge in [0.25, 0.3) is 0 Å². The zero-order chi connectivity index (χ0) is 18.5. The molecule has 5 heteroatoms. The molecule has 0 bridgehead atoms. The van der Waals surface area contributed by atoms with E-state index >= 15 is 0 Å². The summed E-state index contributed by atoms with van der Waals surface area (Å²) in [4.78, 5) is 34.5. The monoisotopic (exact) mass is 348 g/mol. The van der Waals surface area contributed by atoms with Crippen molar-refractivity contribution in [1.82, 2.24) is 0 Å². The number of carbonyl (C=O) groups is 3. The van der Waals surface area contributed by atoms with Crippen LogP contribution in [0.4, 0.5) is 0 Å². The first-order valence-electron chi connectivity index (χ1n) is 9.00. The van der Waals surface area contributed by atoms with Crippen molar-refractivity contribution in [1.29, 1.82) is 0 Å². The first-order chi connectivity index (χ1) is 12.0. The van der Waals surface area contributed by atoms with Crippen LogP contribution in [0.15, 0.2) is 24.3 Å². The van der Waals surface area contributed by atoms with Gasteiger partial charge in [-0.2, -0.15) is 0 Å². The Kier molecular flexibility index (Phi) is 10.2. The lowest BCUT2D eigenvalue weighted by Gasteiger charge is -2.06. The van der Waals surface area contributed by atoms with Crippen LogP contribution in [-0.4, -0.2) is 24.3 Å². The second-order valence-corrected chi connectivity index (χ2v) is 6.04. The van der Waals surface area contributed by atoms with E-state index in [0.717, 1.165) is 12.8 Å². The van der Waals surface area contributed by atoms with Crippen molar-refractivity contribution in [2.75, 3.05) is 6.61 Å². The lowest BCUT2D eigenvalue weighted by molar-refractivity contribution is -0.144. The zero-order valence-corrected chi connectivity index (χ0v) is 15.2. The van der Waals surface area contributed by atoms with Crippen LogP contribution in [0.3, 0.4) is 0 Å². The van der Waals surface area contributed by atoms with Crippen LogP contribution in [0.5, 0.6) is 5.75 Å². The van der Waals surface area contributed by atoms with Crippen LogP contribution in [0.1, 0.15) is 75.6 Å². The summed E-state index contributed by atoms with van der Waals surface area (Å²) in [5, 5.41) is 0. The molecule has 0 aliphatic carbocycles. The molecule has 138 valence electrons. The molecule has 1 aromatic rings. The summed E-state index contributed by atoms with van der Waals surface area (Å²) in [6.07, 6.45) is 6.32. The highest BCUT2D eigenvalue weighted by Gasteiger charge is 2.09.